The first-order chi connectivity index (χ1) is 11.1. The lowest BCUT2D eigenvalue weighted by molar-refractivity contribution is 0.177. The molecule has 0 radical (unpaired) electrons. The molecule has 0 unspecified atom stereocenters. The zero-order valence-electron chi connectivity index (χ0n) is 13.2. The van der Waals surface area contributed by atoms with Gasteiger partial charge >= 0.3 is 7.60 Å². The summed E-state index contributed by atoms with van der Waals surface area (Å²) < 4.78 is 27.7. The van der Waals surface area contributed by atoms with Gasteiger partial charge in [-0.15, -0.1) is 0 Å². The molecule has 1 atom stereocenters. The maximum atomic E-state index is 12.2. The van der Waals surface area contributed by atoms with Crippen LogP contribution >= 0.6 is 7.60 Å². The van der Waals surface area contributed by atoms with Crippen LogP contribution in [0.25, 0.3) is 0 Å². The number of hydrogen-bond acceptors (Lipinski definition) is 5. The van der Waals surface area contributed by atoms with E-state index in [2.05, 4.69) is 0 Å². The van der Waals surface area contributed by atoms with Gasteiger partial charge in [-0.25, -0.2) is 0 Å². The zero-order valence-corrected chi connectivity index (χ0v) is 14.1. The van der Waals surface area contributed by atoms with Gasteiger partial charge < -0.3 is 18.9 Å². The van der Waals surface area contributed by atoms with Crippen LogP contribution in [0.4, 0.5) is 0 Å². The molecular weight excluding hydrogens is 315 g/mol. The van der Waals surface area contributed by atoms with Crippen molar-refractivity contribution in [2.45, 2.75) is 12.7 Å². The highest BCUT2D eigenvalue weighted by molar-refractivity contribution is 7.53. The summed E-state index contributed by atoms with van der Waals surface area (Å²) in [6.07, 6.45) is -1.14. The second kappa shape index (κ2) is 8.27. The summed E-state index contributed by atoms with van der Waals surface area (Å²) in [4.78, 5) is 0. The van der Waals surface area contributed by atoms with Crippen LogP contribution < -0.4 is 4.74 Å². The maximum Gasteiger partial charge on any atom is 0.333 e. The topological polar surface area (TPSA) is 65.0 Å². The van der Waals surface area contributed by atoms with Crippen molar-refractivity contribution in [1.29, 1.82) is 0 Å². The molecule has 0 bridgehead atoms. The van der Waals surface area contributed by atoms with E-state index in [0.717, 1.165) is 5.56 Å². The van der Waals surface area contributed by atoms with Crippen LogP contribution in [-0.2, 0) is 20.2 Å². The maximum absolute atomic E-state index is 12.2. The molecule has 0 heterocycles. The Labute approximate surface area is 136 Å². The minimum atomic E-state index is -3.31. The van der Waals surface area contributed by atoms with Crippen molar-refractivity contribution in [2.24, 2.45) is 0 Å². The van der Waals surface area contributed by atoms with E-state index < -0.39 is 13.7 Å². The lowest BCUT2D eigenvalue weighted by Crippen LogP contribution is -2.09. The Hall–Kier alpha value is -1.65. The minimum absolute atomic E-state index is 0.133. The monoisotopic (exact) mass is 336 g/mol. The lowest BCUT2D eigenvalue weighted by atomic mass is 10.1. The Kier molecular flexibility index (Phi) is 6.37. The van der Waals surface area contributed by atoms with Gasteiger partial charge in [0.2, 0.25) is 0 Å². The Morgan fingerprint density at radius 1 is 1.00 bits per heavy atom. The van der Waals surface area contributed by atoms with Crippen LogP contribution in [0.3, 0.4) is 0 Å². The smallest absolute Gasteiger partial charge is 0.333 e. The Balaban J connectivity index is 2.12. The van der Waals surface area contributed by atoms with Gasteiger partial charge in [0.1, 0.15) is 12.4 Å². The quantitative estimate of drug-likeness (QED) is 0.743. The first-order valence-electron chi connectivity index (χ1n) is 7.22. The molecule has 0 aromatic heterocycles. The number of ether oxygens (including phenoxy) is 1. The molecule has 2 rings (SSSR count). The lowest BCUT2D eigenvalue weighted by Gasteiger charge is -2.20. The second-order valence-electron chi connectivity index (χ2n) is 4.99. The van der Waals surface area contributed by atoms with E-state index in [-0.39, 0.29) is 6.16 Å². The fourth-order valence-corrected chi connectivity index (χ4v) is 3.22. The Morgan fingerprint density at radius 2 is 1.61 bits per heavy atom. The number of hydrogen-bond donors (Lipinski definition) is 1. The third-order valence-electron chi connectivity index (χ3n) is 3.47. The molecule has 1 N–H and O–H groups in total. The van der Waals surface area contributed by atoms with Crippen molar-refractivity contribution >= 4 is 7.60 Å². The number of rotatable bonds is 8. The normalized spacial score (nSPS) is 12.8. The van der Waals surface area contributed by atoms with E-state index >= 15 is 0 Å². The van der Waals surface area contributed by atoms with Crippen molar-refractivity contribution in [3.63, 3.8) is 0 Å². The molecule has 124 valence electrons. The minimum Gasteiger partial charge on any atom is -0.489 e. The number of para-hydroxylation sites is 1. The number of aliphatic hydroxyl groups excluding tert-OH is 1. The number of aliphatic hydroxyl groups is 1. The molecule has 0 spiro atoms. The zero-order chi connectivity index (χ0) is 16.7. The predicted octanol–water partition coefficient (Wildman–Crippen LogP) is 3.78. The standard InChI is InChI=1S/C17H21O5P/c1-20-23(19,21-2)13-16(18)15-10-6-7-11-17(15)22-12-14-8-4-3-5-9-14/h3-11,16,18H,12-13H2,1-2H3/t16-/m0/s1. The van der Waals surface area contributed by atoms with Gasteiger partial charge in [-0.1, -0.05) is 48.5 Å². The molecule has 0 fully saturated rings. The van der Waals surface area contributed by atoms with Crippen LogP contribution in [0.5, 0.6) is 5.75 Å². The van der Waals surface area contributed by atoms with Crippen molar-refractivity contribution in [2.75, 3.05) is 20.4 Å². The summed E-state index contributed by atoms with van der Waals surface area (Å²) in [6.45, 7) is 0.386. The molecule has 0 aliphatic carbocycles. The summed E-state index contributed by atoms with van der Waals surface area (Å²) in [5, 5.41) is 10.4. The molecule has 23 heavy (non-hydrogen) atoms. The van der Waals surface area contributed by atoms with E-state index in [1.807, 2.05) is 36.4 Å². The van der Waals surface area contributed by atoms with Crippen molar-refractivity contribution in [1.82, 2.24) is 0 Å². The average molecular weight is 336 g/mol. The first kappa shape index (κ1) is 17.7. The van der Waals surface area contributed by atoms with Crippen LogP contribution in [-0.4, -0.2) is 25.5 Å². The summed E-state index contributed by atoms with van der Waals surface area (Å²) >= 11 is 0. The van der Waals surface area contributed by atoms with Gasteiger partial charge in [-0.05, 0) is 11.6 Å². The number of benzene rings is 2. The molecule has 0 saturated carbocycles. The van der Waals surface area contributed by atoms with Gasteiger partial charge in [-0.2, -0.15) is 0 Å². The first-order valence-corrected chi connectivity index (χ1v) is 8.95. The van der Waals surface area contributed by atoms with E-state index in [9.17, 15) is 9.67 Å². The fourth-order valence-electron chi connectivity index (χ4n) is 2.16. The van der Waals surface area contributed by atoms with Crippen molar-refractivity contribution < 1.29 is 23.5 Å². The van der Waals surface area contributed by atoms with Gasteiger partial charge in [0.15, 0.2) is 0 Å². The van der Waals surface area contributed by atoms with Crippen LogP contribution in [0.1, 0.15) is 17.2 Å². The van der Waals surface area contributed by atoms with E-state index in [0.29, 0.717) is 17.9 Å². The summed E-state index contributed by atoms with van der Waals surface area (Å²) in [6, 6.07) is 16.9. The van der Waals surface area contributed by atoms with Crippen LogP contribution in [0.15, 0.2) is 54.6 Å². The van der Waals surface area contributed by atoms with Crippen molar-refractivity contribution in [3.05, 3.63) is 65.7 Å². The average Bonchev–Trinajstić information content (AvgIpc) is 2.61. The Bertz CT molecular complexity index is 651. The largest absolute Gasteiger partial charge is 0.489 e. The van der Waals surface area contributed by atoms with E-state index in [1.165, 1.54) is 14.2 Å². The molecule has 0 saturated heterocycles. The van der Waals surface area contributed by atoms with Crippen LogP contribution in [0, 0.1) is 0 Å². The highest BCUT2D eigenvalue weighted by atomic mass is 31.2. The molecule has 0 amide bonds. The fraction of sp³-hybridized carbons (Fsp3) is 0.294. The van der Waals surface area contributed by atoms with E-state index in [4.69, 9.17) is 13.8 Å². The van der Waals surface area contributed by atoms with Gasteiger partial charge in [-0.3, -0.25) is 4.57 Å². The summed E-state index contributed by atoms with van der Waals surface area (Å²) in [5.74, 6) is 0.544. The summed E-state index contributed by atoms with van der Waals surface area (Å²) in [7, 11) is -0.704. The van der Waals surface area contributed by atoms with Gasteiger partial charge in [0, 0.05) is 19.8 Å². The molecular formula is C17H21O5P. The molecule has 0 aliphatic heterocycles. The molecule has 2 aromatic rings. The Morgan fingerprint density at radius 3 is 2.26 bits per heavy atom. The predicted molar refractivity (Wildman–Crippen MR) is 88.7 cm³/mol. The van der Waals surface area contributed by atoms with E-state index in [1.54, 1.807) is 18.2 Å². The SMILES string of the molecule is COP(=O)(C[C@H](O)c1ccccc1OCc1ccccc1)OC. The van der Waals surface area contributed by atoms with Crippen LogP contribution in [0.2, 0.25) is 0 Å². The van der Waals surface area contributed by atoms with Gasteiger partial charge in [0.05, 0.1) is 12.3 Å². The molecule has 2 aromatic carbocycles. The highest BCUT2D eigenvalue weighted by Gasteiger charge is 2.28. The third kappa shape index (κ3) is 4.91. The molecule has 0 aliphatic rings. The summed E-state index contributed by atoms with van der Waals surface area (Å²) in [5.41, 5.74) is 1.58. The second-order valence-corrected chi connectivity index (χ2v) is 7.30. The van der Waals surface area contributed by atoms with Gasteiger partial charge in [0.25, 0.3) is 0 Å². The third-order valence-corrected chi connectivity index (χ3v) is 5.37. The molecule has 5 nitrogen and oxygen atoms in total. The highest BCUT2D eigenvalue weighted by Crippen LogP contribution is 2.49. The van der Waals surface area contributed by atoms with Crippen molar-refractivity contribution in [3.8, 4) is 5.75 Å². The molecule has 6 heteroatoms.